The van der Waals surface area contributed by atoms with Crippen molar-refractivity contribution >= 4 is 0 Å². The van der Waals surface area contributed by atoms with Crippen molar-refractivity contribution in [1.82, 2.24) is 15.2 Å². The standard InChI is InChI=1S/C15H25N3/c1-4-15(3)12-18(9-5-7-17-15)11-14-10-16-8-6-13(14)2/h6,8,10,17H,4-5,7,9,11-12H2,1-3H3. The Bertz CT molecular complexity index is 391. The molecule has 0 bridgehead atoms. The van der Waals surface area contributed by atoms with Crippen molar-refractivity contribution in [2.45, 2.75) is 45.7 Å². The Balaban J connectivity index is 2.06. The summed E-state index contributed by atoms with van der Waals surface area (Å²) in [6.07, 6.45) is 6.29. The molecule has 0 aromatic carbocycles. The molecule has 0 radical (unpaired) electrons. The summed E-state index contributed by atoms with van der Waals surface area (Å²) in [5.41, 5.74) is 2.96. The van der Waals surface area contributed by atoms with Crippen LogP contribution in [0.4, 0.5) is 0 Å². The Kier molecular flexibility index (Phi) is 4.36. The highest BCUT2D eigenvalue weighted by Crippen LogP contribution is 2.18. The molecule has 1 aromatic rings. The van der Waals surface area contributed by atoms with Crippen molar-refractivity contribution < 1.29 is 0 Å². The minimum absolute atomic E-state index is 0.257. The molecule has 3 heteroatoms. The third-order valence-corrected chi connectivity index (χ3v) is 4.10. The van der Waals surface area contributed by atoms with Gasteiger partial charge in [-0.2, -0.15) is 0 Å². The first-order valence-electron chi connectivity index (χ1n) is 7.00. The molecule has 1 atom stereocenters. The summed E-state index contributed by atoms with van der Waals surface area (Å²) in [6, 6.07) is 2.10. The van der Waals surface area contributed by atoms with Crippen molar-refractivity contribution in [3.05, 3.63) is 29.6 Å². The van der Waals surface area contributed by atoms with Gasteiger partial charge in [-0.15, -0.1) is 0 Å². The third-order valence-electron chi connectivity index (χ3n) is 4.10. The fraction of sp³-hybridized carbons (Fsp3) is 0.667. The second-order valence-corrected chi connectivity index (χ2v) is 5.71. The van der Waals surface area contributed by atoms with E-state index >= 15 is 0 Å². The molecule has 1 saturated heterocycles. The maximum atomic E-state index is 4.25. The van der Waals surface area contributed by atoms with Gasteiger partial charge in [0.05, 0.1) is 0 Å². The molecule has 0 amide bonds. The van der Waals surface area contributed by atoms with Gasteiger partial charge in [-0.05, 0) is 57.0 Å². The van der Waals surface area contributed by atoms with Crippen LogP contribution in [-0.4, -0.2) is 35.1 Å². The van der Waals surface area contributed by atoms with Crippen molar-refractivity contribution in [2.75, 3.05) is 19.6 Å². The number of aromatic nitrogens is 1. The maximum Gasteiger partial charge on any atom is 0.0315 e. The molecule has 0 saturated carbocycles. The zero-order chi connectivity index (χ0) is 13.0. The summed E-state index contributed by atoms with van der Waals surface area (Å²) in [4.78, 5) is 6.81. The predicted molar refractivity (Wildman–Crippen MR) is 75.6 cm³/mol. The van der Waals surface area contributed by atoms with E-state index < -0.39 is 0 Å². The van der Waals surface area contributed by atoms with Crippen molar-refractivity contribution in [2.24, 2.45) is 0 Å². The molecule has 1 aromatic heterocycles. The third kappa shape index (κ3) is 3.30. The topological polar surface area (TPSA) is 28.2 Å². The van der Waals surface area contributed by atoms with Crippen molar-refractivity contribution in [3.8, 4) is 0 Å². The van der Waals surface area contributed by atoms with E-state index in [1.54, 1.807) is 0 Å². The van der Waals surface area contributed by atoms with E-state index in [-0.39, 0.29) is 5.54 Å². The summed E-state index contributed by atoms with van der Waals surface area (Å²) in [5, 5.41) is 3.68. The van der Waals surface area contributed by atoms with E-state index in [0.29, 0.717) is 0 Å². The number of nitrogens with one attached hydrogen (secondary N) is 1. The fourth-order valence-electron chi connectivity index (χ4n) is 2.60. The summed E-state index contributed by atoms with van der Waals surface area (Å²) >= 11 is 0. The molecule has 0 aliphatic carbocycles. The molecule has 1 unspecified atom stereocenters. The van der Waals surface area contributed by atoms with Crippen LogP contribution < -0.4 is 5.32 Å². The quantitative estimate of drug-likeness (QED) is 0.888. The average Bonchev–Trinajstić information content (AvgIpc) is 2.55. The summed E-state index contributed by atoms with van der Waals surface area (Å²) in [7, 11) is 0. The van der Waals surface area contributed by atoms with Gasteiger partial charge >= 0.3 is 0 Å². The molecule has 1 N–H and O–H groups in total. The number of hydrogen-bond donors (Lipinski definition) is 1. The van der Waals surface area contributed by atoms with Gasteiger partial charge in [-0.3, -0.25) is 9.88 Å². The molecule has 3 nitrogen and oxygen atoms in total. The Morgan fingerprint density at radius 1 is 1.50 bits per heavy atom. The van der Waals surface area contributed by atoms with Gasteiger partial charge in [0, 0.05) is 31.0 Å². The minimum Gasteiger partial charge on any atom is -0.310 e. The minimum atomic E-state index is 0.257. The number of rotatable bonds is 3. The van der Waals surface area contributed by atoms with E-state index in [1.807, 2.05) is 12.4 Å². The van der Waals surface area contributed by atoms with Crippen LogP contribution in [0.5, 0.6) is 0 Å². The smallest absolute Gasteiger partial charge is 0.0315 e. The van der Waals surface area contributed by atoms with Crippen LogP contribution in [0.25, 0.3) is 0 Å². The molecule has 1 aliphatic heterocycles. The van der Waals surface area contributed by atoms with E-state index in [1.165, 1.54) is 30.5 Å². The highest BCUT2D eigenvalue weighted by atomic mass is 15.2. The lowest BCUT2D eigenvalue weighted by Gasteiger charge is -2.32. The highest BCUT2D eigenvalue weighted by Gasteiger charge is 2.27. The lowest BCUT2D eigenvalue weighted by molar-refractivity contribution is 0.208. The van der Waals surface area contributed by atoms with Gasteiger partial charge in [-0.1, -0.05) is 6.92 Å². The maximum absolute atomic E-state index is 4.25. The van der Waals surface area contributed by atoms with Gasteiger partial charge in [0.1, 0.15) is 0 Å². The van der Waals surface area contributed by atoms with Gasteiger partial charge in [-0.25, -0.2) is 0 Å². The van der Waals surface area contributed by atoms with Gasteiger partial charge in [0.2, 0.25) is 0 Å². The number of pyridine rings is 1. The SMILES string of the molecule is CCC1(C)CN(Cc2cnccc2C)CCCN1. The highest BCUT2D eigenvalue weighted by molar-refractivity contribution is 5.21. The Morgan fingerprint density at radius 3 is 3.06 bits per heavy atom. The Labute approximate surface area is 111 Å². The summed E-state index contributed by atoms with van der Waals surface area (Å²) in [6.45, 7) is 11.2. The average molecular weight is 247 g/mol. The van der Waals surface area contributed by atoms with E-state index in [0.717, 1.165) is 19.6 Å². The molecular formula is C15H25N3. The van der Waals surface area contributed by atoms with Crippen LogP contribution in [-0.2, 0) is 6.54 Å². The second-order valence-electron chi connectivity index (χ2n) is 5.71. The molecule has 18 heavy (non-hydrogen) atoms. The Hall–Kier alpha value is -0.930. The largest absolute Gasteiger partial charge is 0.310 e. The van der Waals surface area contributed by atoms with Crippen LogP contribution >= 0.6 is 0 Å². The summed E-state index contributed by atoms with van der Waals surface area (Å²) < 4.78 is 0. The van der Waals surface area contributed by atoms with Crippen LogP contribution in [0, 0.1) is 6.92 Å². The van der Waals surface area contributed by atoms with Gasteiger partial charge in [0.15, 0.2) is 0 Å². The van der Waals surface area contributed by atoms with Crippen LogP contribution in [0.1, 0.15) is 37.8 Å². The van der Waals surface area contributed by atoms with Gasteiger partial charge in [0.25, 0.3) is 0 Å². The molecule has 1 fully saturated rings. The number of aryl methyl sites for hydroxylation is 1. The monoisotopic (exact) mass is 247 g/mol. The molecular weight excluding hydrogens is 222 g/mol. The lowest BCUT2D eigenvalue weighted by atomic mass is 9.98. The predicted octanol–water partition coefficient (Wildman–Crippen LogP) is 2.35. The number of hydrogen-bond acceptors (Lipinski definition) is 3. The molecule has 2 rings (SSSR count). The van der Waals surface area contributed by atoms with Crippen LogP contribution in [0.15, 0.2) is 18.5 Å². The first kappa shape index (κ1) is 13.5. The molecule has 100 valence electrons. The zero-order valence-corrected chi connectivity index (χ0v) is 11.9. The summed E-state index contributed by atoms with van der Waals surface area (Å²) in [5.74, 6) is 0. The van der Waals surface area contributed by atoms with E-state index in [9.17, 15) is 0 Å². The fourth-order valence-corrected chi connectivity index (χ4v) is 2.60. The van der Waals surface area contributed by atoms with E-state index in [2.05, 4.69) is 42.0 Å². The number of nitrogens with zero attached hydrogens (tertiary/aromatic N) is 2. The van der Waals surface area contributed by atoms with Crippen molar-refractivity contribution in [3.63, 3.8) is 0 Å². The van der Waals surface area contributed by atoms with E-state index in [4.69, 9.17) is 0 Å². The van der Waals surface area contributed by atoms with Crippen LogP contribution in [0.2, 0.25) is 0 Å². The zero-order valence-electron chi connectivity index (χ0n) is 11.9. The first-order valence-corrected chi connectivity index (χ1v) is 7.00. The molecule has 2 heterocycles. The Morgan fingerprint density at radius 2 is 2.33 bits per heavy atom. The van der Waals surface area contributed by atoms with Gasteiger partial charge < -0.3 is 5.32 Å². The second kappa shape index (κ2) is 5.81. The lowest BCUT2D eigenvalue weighted by Crippen LogP contribution is -2.48. The first-order chi connectivity index (χ1) is 8.63. The van der Waals surface area contributed by atoms with Crippen LogP contribution in [0.3, 0.4) is 0 Å². The molecule has 1 aliphatic rings. The molecule has 0 spiro atoms. The van der Waals surface area contributed by atoms with Crippen molar-refractivity contribution in [1.29, 1.82) is 0 Å². The normalized spacial score (nSPS) is 25.9.